The van der Waals surface area contributed by atoms with Gasteiger partial charge in [0.25, 0.3) is 0 Å². The maximum atomic E-state index is 12.4. The maximum Gasteiger partial charge on any atom is 0.248 e. The first-order valence-corrected chi connectivity index (χ1v) is 12.4. The number of hydroxylamine groups is 2. The van der Waals surface area contributed by atoms with E-state index >= 15 is 0 Å². The SMILES string of the molecule is CC(C)C(=O)N(O)Cc1cc(-c2ccc(O)cc2C(C)(C)C)cc(-c2ccc(O)cc2C(C)(C)C)c1. The molecule has 5 nitrogen and oxygen atoms in total. The Labute approximate surface area is 215 Å². The summed E-state index contributed by atoms with van der Waals surface area (Å²) >= 11 is 0. The number of benzene rings is 3. The Morgan fingerprint density at radius 1 is 0.750 bits per heavy atom. The Morgan fingerprint density at radius 3 is 1.53 bits per heavy atom. The smallest absolute Gasteiger partial charge is 0.248 e. The van der Waals surface area contributed by atoms with Crippen molar-refractivity contribution in [3.8, 4) is 33.8 Å². The molecule has 3 rings (SSSR count). The van der Waals surface area contributed by atoms with Crippen LogP contribution in [0.3, 0.4) is 0 Å². The molecule has 3 N–H and O–H groups in total. The molecule has 0 fully saturated rings. The van der Waals surface area contributed by atoms with E-state index in [1.807, 2.05) is 24.3 Å². The van der Waals surface area contributed by atoms with Gasteiger partial charge in [-0.15, -0.1) is 0 Å². The van der Waals surface area contributed by atoms with Crippen molar-refractivity contribution in [3.05, 3.63) is 71.3 Å². The number of hydrogen-bond donors (Lipinski definition) is 3. The van der Waals surface area contributed by atoms with Gasteiger partial charge in [-0.05, 0) is 92.2 Å². The fraction of sp³-hybridized carbons (Fsp3) is 0.387. The third-order valence-electron chi connectivity index (χ3n) is 6.32. The van der Waals surface area contributed by atoms with Gasteiger partial charge in [-0.1, -0.05) is 67.5 Å². The molecule has 1 amide bonds. The molecule has 3 aromatic rings. The lowest BCUT2D eigenvalue weighted by molar-refractivity contribution is -0.171. The van der Waals surface area contributed by atoms with Gasteiger partial charge in [-0.2, -0.15) is 0 Å². The zero-order valence-electron chi connectivity index (χ0n) is 22.7. The van der Waals surface area contributed by atoms with Crippen LogP contribution < -0.4 is 0 Å². The lowest BCUT2D eigenvalue weighted by Gasteiger charge is -2.26. The summed E-state index contributed by atoms with van der Waals surface area (Å²) in [6.07, 6.45) is 0. The minimum Gasteiger partial charge on any atom is -0.508 e. The van der Waals surface area contributed by atoms with Gasteiger partial charge in [0.2, 0.25) is 5.91 Å². The number of hydrogen-bond acceptors (Lipinski definition) is 4. The molecule has 0 aliphatic rings. The molecular formula is C31H39NO4. The maximum absolute atomic E-state index is 12.4. The second-order valence-corrected chi connectivity index (χ2v) is 11.9. The number of phenolic OH excluding ortho intramolecular Hbond substituents is 2. The fourth-order valence-corrected chi connectivity index (χ4v) is 4.45. The normalized spacial score (nSPS) is 12.2. The summed E-state index contributed by atoms with van der Waals surface area (Å²) in [5.41, 5.74) is 6.10. The topological polar surface area (TPSA) is 81.0 Å². The third-order valence-corrected chi connectivity index (χ3v) is 6.32. The molecule has 0 atom stereocenters. The van der Waals surface area contributed by atoms with Gasteiger partial charge in [0, 0.05) is 5.92 Å². The van der Waals surface area contributed by atoms with E-state index in [0.717, 1.165) is 44.0 Å². The minimum atomic E-state index is -0.345. The quantitative estimate of drug-likeness (QED) is 0.258. The fourth-order valence-electron chi connectivity index (χ4n) is 4.45. The van der Waals surface area contributed by atoms with Gasteiger partial charge < -0.3 is 10.2 Å². The Morgan fingerprint density at radius 2 is 1.17 bits per heavy atom. The summed E-state index contributed by atoms with van der Waals surface area (Å²) in [5, 5.41) is 31.7. The van der Waals surface area contributed by atoms with Crippen molar-refractivity contribution < 1.29 is 20.2 Å². The van der Waals surface area contributed by atoms with E-state index in [2.05, 4.69) is 47.6 Å². The van der Waals surface area contributed by atoms with E-state index in [4.69, 9.17) is 0 Å². The van der Waals surface area contributed by atoms with Crippen molar-refractivity contribution in [2.45, 2.75) is 72.8 Å². The zero-order valence-corrected chi connectivity index (χ0v) is 22.7. The van der Waals surface area contributed by atoms with E-state index < -0.39 is 0 Å². The molecule has 0 radical (unpaired) electrons. The molecule has 5 heteroatoms. The second kappa shape index (κ2) is 9.98. The first-order chi connectivity index (χ1) is 16.6. The summed E-state index contributed by atoms with van der Waals surface area (Å²) < 4.78 is 0. The van der Waals surface area contributed by atoms with Gasteiger partial charge in [0.05, 0.1) is 6.54 Å². The predicted molar refractivity (Wildman–Crippen MR) is 145 cm³/mol. The van der Waals surface area contributed by atoms with Crippen LogP contribution in [0.25, 0.3) is 22.3 Å². The van der Waals surface area contributed by atoms with Gasteiger partial charge in [-0.3, -0.25) is 10.0 Å². The van der Waals surface area contributed by atoms with Crippen molar-refractivity contribution >= 4 is 5.91 Å². The third kappa shape index (κ3) is 6.08. The number of rotatable bonds is 5. The number of carbonyl (C=O) groups excluding carboxylic acids is 1. The van der Waals surface area contributed by atoms with E-state index in [1.54, 1.807) is 38.1 Å². The van der Waals surface area contributed by atoms with Gasteiger partial charge in [0.15, 0.2) is 0 Å². The lowest BCUT2D eigenvalue weighted by Crippen LogP contribution is -2.30. The number of amides is 1. The first kappa shape index (κ1) is 27.3. The molecular weight excluding hydrogens is 450 g/mol. The van der Waals surface area contributed by atoms with Gasteiger partial charge >= 0.3 is 0 Å². The predicted octanol–water partition coefficient (Wildman–Crippen LogP) is 7.40. The number of carbonyl (C=O) groups is 1. The number of aromatic hydroxyl groups is 2. The Balaban J connectivity index is 2.29. The molecule has 192 valence electrons. The van der Waals surface area contributed by atoms with Crippen LogP contribution >= 0.6 is 0 Å². The summed E-state index contributed by atoms with van der Waals surface area (Å²) in [5.74, 6) is -0.260. The van der Waals surface area contributed by atoms with Crippen molar-refractivity contribution in [1.82, 2.24) is 5.06 Å². The minimum absolute atomic E-state index is 0.0454. The van der Waals surface area contributed by atoms with Crippen LogP contribution in [0.4, 0.5) is 0 Å². The standard InChI is InChI=1S/C31H39NO4/c1-19(2)29(35)32(36)18-20-13-21(25-11-9-23(33)16-27(25)30(3,4)5)15-22(14-20)26-12-10-24(34)17-28(26)31(6,7)8/h9-17,19,33-34,36H,18H2,1-8H3. The van der Waals surface area contributed by atoms with Crippen LogP contribution in [0, 0.1) is 5.92 Å². The summed E-state index contributed by atoms with van der Waals surface area (Å²) in [6, 6.07) is 16.8. The van der Waals surface area contributed by atoms with Crippen LogP contribution in [0.15, 0.2) is 54.6 Å². The van der Waals surface area contributed by atoms with Crippen molar-refractivity contribution in [2.75, 3.05) is 0 Å². The van der Waals surface area contributed by atoms with Crippen LogP contribution in [-0.2, 0) is 22.2 Å². The highest BCUT2D eigenvalue weighted by Crippen LogP contribution is 2.40. The highest BCUT2D eigenvalue weighted by Gasteiger charge is 2.24. The molecule has 0 spiro atoms. The number of phenols is 2. The molecule has 0 saturated carbocycles. The first-order valence-electron chi connectivity index (χ1n) is 12.4. The van der Waals surface area contributed by atoms with Crippen molar-refractivity contribution in [3.63, 3.8) is 0 Å². The monoisotopic (exact) mass is 489 g/mol. The van der Waals surface area contributed by atoms with Crippen LogP contribution in [0.2, 0.25) is 0 Å². The van der Waals surface area contributed by atoms with E-state index in [9.17, 15) is 20.2 Å². The Kier molecular flexibility index (Phi) is 7.56. The molecule has 0 heterocycles. The molecule has 36 heavy (non-hydrogen) atoms. The highest BCUT2D eigenvalue weighted by molar-refractivity contribution is 5.80. The summed E-state index contributed by atoms with van der Waals surface area (Å²) in [6.45, 7) is 16.2. The van der Waals surface area contributed by atoms with Crippen LogP contribution in [0.5, 0.6) is 11.5 Å². The van der Waals surface area contributed by atoms with E-state index in [1.165, 1.54) is 0 Å². The van der Waals surface area contributed by atoms with Crippen LogP contribution in [-0.4, -0.2) is 26.4 Å². The molecule has 3 aromatic carbocycles. The molecule has 0 bridgehead atoms. The summed E-state index contributed by atoms with van der Waals surface area (Å²) in [7, 11) is 0. The molecule has 0 aromatic heterocycles. The number of nitrogens with zero attached hydrogens (tertiary/aromatic N) is 1. The molecule has 0 unspecified atom stereocenters. The largest absolute Gasteiger partial charge is 0.508 e. The van der Waals surface area contributed by atoms with E-state index in [-0.39, 0.29) is 40.7 Å². The average Bonchev–Trinajstić information content (AvgIpc) is 2.76. The average molecular weight is 490 g/mol. The van der Waals surface area contributed by atoms with Crippen LogP contribution in [0.1, 0.15) is 72.1 Å². The second-order valence-electron chi connectivity index (χ2n) is 11.9. The highest BCUT2D eigenvalue weighted by atomic mass is 16.5. The van der Waals surface area contributed by atoms with Gasteiger partial charge in [0.1, 0.15) is 11.5 Å². The van der Waals surface area contributed by atoms with Crippen molar-refractivity contribution in [2.24, 2.45) is 5.92 Å². The van der Waals surface area contributed by atoms with Crippen molar-refractivity contribution in [1.29, 1.82) is 0 Å². The Hall–Kier alpha value is -3.31. The lowest BCUT2D eigenvalue weighted by atomic mass is 9.79. The Bertz CT molecular complexity index is 1180. The molecule has 0 saturated heterocycles. The molecule has 0 aliphatic carbocycles. The van der Waals surface area contributed by atoms with Gasteiger partial charge in [-0.25, -0.2) is 5.06 Å². The molecule has 0 aliphatic heterocycles. The van der Waals surface area contributed by atoms with E-state index in [0.29, 0.717) is 0 Å². The summed E-state index contributed by atoms with van der Waals surface area (Å²) in [4.78, 5) is 12.4. The zero-order chi connectivity index (χ0) is 27.0.